The Morgan fingerprint density at radius 1 is 1.35 bits per heavy atom. The van der Waals surface area contributed by atoms with Gasteiger partial charge in [-0.1, -0.05) is 37.3 Å². The van der Waals surface area contributed by atoms with Gasteiger partial charge >= 0.3 is 5.97 Å². The zero-order chi connectivity index (χ0) is 15.2. The zero-order valence-electron chi connectivity index (χ0n) is 12.2. The molecule has 0 spiro atoms. The first-order valence-corrected chi connectivity index (χ1v) is 6.64. The first kappa shape index (κ1) is 16.2. The fraction of sp³-hybridized carbons (Fsp3) is 0.467. The molecule has 0 aliphatic rings. The van der Waals surface area contributed by atoms with Gasteiger partial charge in [0.25, 0.3) is 0 Å². The molecule has 0 saturated heterocycles. The first-order chi connectivity index (χ1) is 9.42. The van der Waals surface area contributed by atoms with Crippen LogP contribution in [0.3, 0.4) is 0 Å². The van der Waals surface area contributed by atoms with E-state index in [-0.39, 0.29) is 5.91 Å². The lowest BCUT2D eigenvalue weighted by atomic mass is 9.88. The van der Waals surface area contributed by atoms with E-state index in [1.807, 2.05) is 37.3 Å². The number of methoxy groups -OCH3 is 1. The van der Waals surface area contributed by atoms with Crippen molar-refractivity contribution in [2.24, 2.45) is 5.73 Å². The minimum atomic E-state index is -1.04. The third kappa shape index (κ3) is 4.06. The summed E-state index contributed by atoms with van der Waals surface area (Å²) in [5, 5.41) is 2.60. The molecule has 0 aliphatic carbocycles. The Bertz CT molecular complexity index is 461. The van der Waals surface area contributed by atoms with Gasteiger partial charge in [-0.15, -0.1) is 0 Å². The smallest absolute Gasteiger partial charge is 0.328 e. The van der Waals surface area contributed by atoms with Gasteiger partial charge in [0.1, 0.15) is 6.04 Å². The normalized spacial score (nSPS) is 15.0. The van der Waals surface area contributed by atoms with E-state index >= 15 is 0 Å². The largest absolute Gasteiger partial charge is 0.467 e. The summed E-state index contributed by atoms with van der Waals surface area (Å²) in [4.78, 5) is 23.6. The Balaban J connectivity index is 2.77. The van der Waals surface area contributed by atoms with Crippen molar-refractivity contribution in [3.05, 3.63) is 35.9 Å². The summed E-state index contributed by atoms with van der Waals surface area (Å²) in [5.74, 6) is -0.835. The van der Waals surface area contributed by atoms with E-state index in [0.717, 1.165) is 5.56 Å². The topological polar surface area (TPSA) is 81.4 Å². The summed E-state index contributed by atoms with van der Waals surface area (Å²) < 4.78 is 4.58. The molecule has 5 heteroatoms. The lowest BCUT2D eigenvalue weighted by molar-refractivity contribution is -0.145. The fourth-order valence-electron chi connectivity index (χ4n) is 1.90. The molecule has 110 valence electrons. The third-order valence-corrected chi connectivity index (χ3v) is 3.35. The highest BCUT2D eigenvalue weighted by Crippen LogP contribution is 2.15. The van der Waals surface area contributed by atoms with Gasteiger partial charge < -0.3 is 15.8 Å². The van der Waals surface area contributed by atoms with Crippen LogP contribution in [-0.4, -0.2) is 30.6 Å². The van der Waals surface area contributed by atoms with Crippen LogP contribution in [0.2, 0.25) is 0 Å². The molecule has 3 N–H and O–H groups in total. The zero-order valence-corrected chi connectivity index (χ0v) is 12.2. The highest BCUT2D eigenvalue weighted by molar-refractivity contribution is 5.90. The molecule has 0 heterocycles. The molecular weight excluding hydrogens is 256 g/mol. The van der Waals surface area contributed by atoms with Crippen LogP contribution in [0.1, 0.15) is 25.8 Å². The van der Waals surface area contributed by atoms with Crippen LogP contribution in [0.25, 0.3) is 0 Å². The summed E-state index contributed by atoms with van der Waals surface area (Å²) in [6.45, 7) is 3.42. The van der Waals surface area contributed by atoms with E-state index in [1.165, 1.54) is 7.11 Å². The van der Waals surface area contributed by atoms with E-state index in [2.05, 4.69) is 10.1 Å². The molecule has 1 rings (SSSR count). The second-order valence-electron chi connectivity index (χ2n) is 4.89. The molecule has 0 aliphatic heterocycles. The van der Waals surface area contributed by atoms with Crippen LogP contribution in [-0.2, 0) is 20.7 Å². The van der Waals surface area contributed by atoms with Crippen molar-refractivity contribution in [3.63, 3.8) is 0 Å². The van der Waals surface area contributed by atoms with E-state index in [9.17, 15) is 9.59 Å². The fourth-order valence-corrected chi connectivity index (χ4v) is 1.90. The van der Waals surface area contributed by atoms with Gasteiger partial charge in [-0.2, -0.15) is 0 Å². The number of esters is 1. The van der Waals surface area contributed by atoms with Gasteiger partial charge in [0.05, 0.1) is 12.6 Å². The number of hydrogen-bond acceptors (Lipinski definition) is 4. The van der Waals surface area contributed by atoms with Crippen LogP contribution >= 0.6 is 0 Å². The average Bonchev–Trinajstić information content (AvgIpc) is 2.47. The van der Waals surface area contributed by atoms with E-state index in [0.29, 0.717) is 12.8 Å². The summed E-state index contributed by atoms with van der Waals surface area (Å²) in [6, 6.07) is 8.86. The SMILES string of the molecule is CC[C@@](N)(Cc1ccccc1)C(=O)N[C@@H](C)C(=O)OC. The van der Waals surface area contributed by atoms with Crippen molar-refractivity contribution < 1.29 is 14.3 Å². The first-order valence-electron chi connectivity index (χ1n) is 6.64. The Labute approximate surface area is 119 Å². The average molecular weight is 278 g/mol. The van der Waals surface area contributed by atoms with Crippen molar-refractivity contribution in [1.82, 2.24) is 5.32 Å². The van der Waals surface area contributed by atoms with Crippen molar-refractivity contribution in [2.45, 2.75) is 38.3 Å². The van der Waals surface area contributed by atoms with E-state index in [1.54, 1.807) is 6.92 Å². The minimum absolute atomic E-state index is 0.346. The highest BCUT2D eigenvalue weighted by atomic mass is 16.5. The van der Waals surface area contributed by atoms with Gasteiger partial charge in [-0.05, 0) is 25.3 Å². The molecule has 0 unspecified atom stereocenters. The van der Waals surface area contributed by atoms with Gasteiger partial charge in [-0.3, -0.25) is 4.79 Å². The lowest BCUT2D eigenvalue weighted by Gasteiger charge is -2.28. The molecule has 0 fully saturated rings. The second-order valence-corrected chi connectivity index (χ2v) is 4.89. The highest BCUT2D eigenvalue weighted by Gasteiger charge is 2.34. The quantitative estimate of drug-likeness (QED) is 0.761. The number of hydrogen-bond donors (Lipinski definition) is 2. The van der Waals surface area contributed by atoms with Crippen LogP contribution in [0.4, 0.5) is 0 Å². The molecule has 0 saturated carbocycles. The van der Waals surface area contributed by atoms with Gasteiger partial charge in [0, 0.05) is 0 Å². The molecule has 0 bridgehead atoms. The Hall–Kier alpha value is -1.88. The van der Waals surface area contributed by atoms with E-state index < -0.39 is 17.6 Å². The van der Waals surface area contributed by atoms with Crippen LogP contribution < -0.4 is 11.1 Å². The number of amides is 1. The second kappa shape index (κ2) is 7.05. The Kier molecular flexibility index (Phi) is 5.70. The molecule has 1 aromatic carbocycles. The molecule has 2 atom stereocenters. The van der Waals surface area contributed by atoms with Crippen molar-refractivity contribution in [2.75, 3.05) is 7.11 Å². The molecular formula is C15H22N2O3. The van der Waals surface area contributed by atoms with Gasteiger partial charge in [0.15, 0.2) is 0 Å². The van der Waals surface area contributed by atoms with Crippen molar-refractivity contribution >= 4 is 11.9 Å². The molecule has 0 radical (unpaired) electrons. The maximum Gasteiger partial charge on any atom is 0.328 e. The standard InChI is InChI=1S/C15H22N2O3/c1-4-15(16,10-12-8-6-5-7-9-12)14(19)17-11(2)13(18)20-3/h5-9,11H,4,10,16H2,1-3H3,(H,17,19)/t11-,15+/m0/s1. The predicted molar refractivity (Wildman–Crippen MR) is 77.0 cm³/mol. The van der Waals surface area contributed by atoms with E-state index in [4.69, 9.17) is 5.73 Å². The number of benzene rings is 1. The summed E-state index contributed by atoms with van der Waals surface area (Å²) >= 11 is 0. The van der Waals surface area contributed by atoms with Gasteiger partial charge in [0.2, 0.25) is 5.91 Å². The van der Waals surface area contributed by atoms with Gasteiger partial charge in [-0.25, -0.2) is 4.79 Å². The number of nitrogens with one attached hydrogen (secondary N) is 1. The van der Waals surface area contributed by atoms with Crippen LogP contribution in [0, 0.1) is 0 Å². The van der Waals surface area contributed by atoms with Crippen molar-refractivity contribution in [1.29, 1.82) is 0 Å². The predicted octanol–water partition coefficient (Wildman–Crippen LogP) is 1.01. The van der Waals surface area contributed by atoms with Crippen LogP contribution in [0.5, 0.6) is 0 Å². The summed E-state index contributed by atoms with van der Waals surface area (Å²) in [5.41, 5.74) is 6.14. The Morgan fingerprint density at radius 2 is 1.95 bits per heavy atom. The number of ether oxygens (including phenoxy) is 1. The molecule has 5 nitrogen and oxygen atoms in total. The minimum Gasteiger partial charge on any atom is -0.467 e. The van der Waals surface area contributed by atoms with Crippen LogP contribution in [0.15, 0.2) is 30.3 Å². The maximum absolute atomic E-state index is 12.3. The Morgan fingerprint density at radius 3 is 2.45 bits per heavy atom. The number of carbonyl (C=O) groups excluding carboxylic acids is 2. The maximum atomic E-state index is 12.3. The monoisotopic (exact) mass is 278 g/mol. The molecule has 1 amide bonds. The number of rotatable bonds is 6. The number of nitrogens with two attached hydrogens (primary N) is 1. The summed E-state index contributed by atoms with van der Waals surface area (Å²) in [6.07, 6.45) is 0.895. The molecule has 1 aromatic rings. The molecule has 20 heavy (non-hydrogen) atoms. The number of carbonyl (C=O) groups is 2. The summed E-state index contributed by atoms with van der Waals surface area (Å²) in [7, 11) is 1.28. The molecule has 0 aromatic heterocycles. The van der Waals surface area contributed by atoms with Crippen molar-refractivity contribution in [3.8, 4) is 0 Å². The lowest BCUT2D eigenvalue weighted by Crippen LogP contribution is -2.58. The third-order valence-electron chi connectivity index (χ3n) is 3.35.